The largest absolute Gasteiger partial charge is 0.381 e. The van der Waals surface area contributed by atoms with Crippen LogP contribution in [0.15, 0.2) is 36.4 Å². The van der Waals surface area contributed by atoms with Crippen LogP contribution in [-0.2, 0) is 12.0 Å². The van der Waals surface area contributed by atoms with Crippen LogP contribution in [0.3, 0.4) is 0 Å². The first-order valence-electron chi connectivity index (χ1n) is 6.31. The minimum Gasteiger partial charge on any atom is -0.381 e. The first-order chi connectivity index (χ1) is 8.26. The summed E-state index contributed by atoms with van der Waals surface area (Å²) in [5.74, 6) is 0.668. The highest BCUT2D eigenvalue weighted by Gasteiger charge is 2.28. The molecule has 1 unspecified atom stereocenters. The zero-order chi connectivity index (χ0) is 12.1. The van der Waals surface area contributed by atoms with E-state index in [0.717, 1.165) is 37.7 Å². The van der Waals surface area contributed by atoms with Gasteiger partial charge < -0.3 is 5.11 Å². The minimum absolute atomic E-state index is 0.668. The number of aliphatic hydroxyl groups is 1. The number of halogens is 1. The molecule has 0 saturated carbocycles. The highest BCUT2D eigenvalue weighted by molar-refractivity contribution is 6.17. The normalized spacial score (nSPS) is 23.2. The smallest absolute Gasteiger partial charge is 0.108 e. The molecule has 0 fully saturated rings. The van der Waals surface area contributed by atoms with Crippen molar-refractivity contribution in [1.29, 1.82) is 0 Å². The van der Waals surface area contributed by atoms with Crippen LogP contribution in [-0.4, -0.2) is 11.0 Å². The van der Waals surface area contributed by atoms with Gasteiger partial charge in [-0.2, -0.15) is 0 Å². The highest BCUT2D eigenvalue weighted by Crippen LogP contribution is 2.34. The Morgan fingerprint density at radius 3 is 2.88 bits per heavy atom. The lowest BCUT2D eigenvalue weighted by Crippen LogP contribution is -2.23. The molecule has 0 aromatic heterocycles. The van der Waals surface area contributed by atoms with Crippen molar-refractivity contribution in [2.24, 2.45) is 0 Å². The molecule has 0 heterocycles. The van der Waals surface area contributed by atoms with Crippen LogP contribution in [0.2, 0.25) is 0 Å². The molecule has 1 aromatic carbocycles. The number of hydrogen-bond donors (Lipinski definition) is 1. The van der Waals surface area contributed by atoms with Gasteiger partial charge in [-0.05, 0) is 43.2 Å². The van der Waals surface area contributed by atoms with Crippen LogP contribution in [0.4, 0.5) is 0 Å². The number of unbranched alkanes of at least 4 members (excludes halogenated alkanes) is 1. The van der Waals surface area contributed by atoms with E-state index in [0.29, 0.717) is 5.88 Å². The zero-order valence-corrected chi connectivity index (χ0v) is 10.8. The highest BCUT2D eigenvalue weighted by atomic mass is 35.5. The molecule has 2 rings (SSSR count). The van der Waals surface area contributed by atoms with Crippen molar-refractivity contribution in [3.05, 3.63) is 47.5 Å². The maximum absolute atomic E-state index is 10.8. The predicted octanol–water partition coefficient (Wildman–Crippen LogP) is 3.79. The van der Waals surface area contributed by atoms with E-state index in [2.05, 4.69) is 12.1 Å². The molecule has 1 aromatic rings. The van der Waals surface area contributed by atoms with Crippen molar-refractivity contribution in [3.8, 4) is 0 Å². The van der Waals surface area contributed by atoms with Crippen molar-refractivity contribution in [2.75, 3.05) is 5.88 Å². The lowest BCUT2D eigenvalue weighted by atomic mass is 9.86. The summed E-state index contributed by atoms with van der Waals surface area (Å²) in [4.78, 5) is 0. The van der Waals surface area contributed by atoms with Crippen molar-refractivity contribution in [3.63, 3.8) is 0 Å². The number of aryl methyl sites for hydroxylation is 1. The van der Waals surface area contributed by atoms with Crippen LogP contribution in [0.1, 0.15) is 36.8 Å². The van der Waals surface area contributed by atoms with E-state index in [1.807, 2.05) is 24.3 Å². The maximum Gasteiger partial charge on any atom is 0.108 e. The van der Waals surface area contributed by atoms with E-state index < -0.39 is 5.60 Å². The van der Waals surface area contributed by atoms with Gasteiger partial charge in [0.15, 0.2) is 0 Å². The van der Waals surface area contributed by atoms with Crippen molar-refractivity contribution in [2.45, 2.75) is 37.7 Å². The molecule has 0 saturated heterocycles. The molecule has 2 heteroatoms. The predicted molar refractivity (Wildman–Crippen MR) is 72.4 cm³/mol. The Kier molecular flexibility index (Phi) is 4.25. The average Bonchev–Trinajstić information content (AvgIpc) is 2.51. The second kappa shape index (κ2) is 5.70. The van der Waals surface area contributed by atoms with Crippen molar-refractivity contribution in [1.82, 2.24) is 0 Å². The van der Waals surface area contributed by atoms with E-state index in [1.54, 1.807) is 0 Å². The fraction of sp³-hybridized carbons (Fsp3) is 0.467. The van der Waals surface area contributed by atoms with Gasteiger partial charge in [-0.25, -0.2) is 0 Å². The molecule has 1 aliphatic carbocycles. The zero-order valence-electron chi connectivity index (χ0n) is 10.0. The lowest BCUT2D eigenvalue weighted by Gasteiger charge is -2.26. The molecule has 0 bridgehead atoms. The van der Waals surface area contributed by atoms with Gasteiger partial charge in [0.2, 0.25) is 0 Å². The Hall–Kier alpha value is -0.790. The SMILES string of the molecule is OC1(CCCCCl)C=CCCc2ccccc21. The van der Waals surface area contributed by atoms with Gasteiger partial charge in [-0.15, -0.1) is 11.6 Å². The van der Waals surface area contributed by atoms with Gasteiger partial charge in [0.1, 0.15) is 5.60 Å². The summed E-state index contributed by atoms with van der Waals surface area (Å²) in [6.07, 6.45) is 8.76. The summed E-state index contributed by atoms with van der Waals surface area (Å²) < 4.78 is 0. The topological polar surface area (TPSA) is 20.2 Å². The molecule has 1 nitrogen and oxygen atoms in total. The number of rotatable bonds is 4. The van der Waals surface area contributed by atoms with Gasteiger partial charge in [0.25, 0.3) is 0 Å². The summed E-state index contributed by atoms with van der Waals surface area (Å²) in [5.41, 5.74) is 1.55. The molecular weight excluding hydrogens is 232 g/mol. The van der Waals surface area contributed by atoms with E-state index in [4.69, 9.17) is 11.6 Å². The molecule has 1 N–H and O–H groups in total. The van der Waals surface area contributed by atoms with Crippen LogP contribution >= 0.6 is 11.6 Å². The van der Waals surface area contributed by atoms with Crippen LogP contribution in [0.5, 0.6) is 0 Å². The standard InChI is InChI=1S/C15H19ClO/c16-12-6-5-11-15(17)10-4-3-8-13-7-1-2-9-14(13)15/h1-2,4,7,9-10,17H,3,5-6,8,11-12H2. The second-order valence-corrected chi connectivity index (χ2v) is 5.05. The molecule has 0 aliphatic heterocycles. The molecule has 0 amide bonds. The fourth-order valence-corrected chi connectivity index (χ4v) is 2.66. The van der Waals surface area contributed by atoms with Crippen molar-refractivity contribution >= 4 is 11.6 Å². The third kappa shape index (κ3) is 2.91. The first-order valence-corrected chi connectivity index (χ1v) is 6.84. The molecule has 0 radical (unpaired) electrons. The monoisotopic (exact) mass is 250 g/mol. The Bertz CT molecular complexity index is 400. The second-order valence-electron chi connectivity index (χ2n) is 4.67. The molecule has 17 heavy (non-hydrogen) atoms. The fourth-order valence-electron chi connectivity index (χ4n) is 2.47. The Morgan fingerprint density at radius 2 is 2.06 bits per heavy atom. The Labute approximate surface area is 108 Å². The van der Waals surface area contributed by atoms with Gasteiger partial charge >= 0.3 is 0 Å². The summed E-state index contributed by atoms with van der Waals surface area (Å²) >= 11 is 5.70. The molecule has 1 atom stereocenters. The lowest BCUT2D eigenvalue weighted by molar-refractivity contribution is 0.0767. The quantitative estimate of drug-likeness (QED) is 0.490. The van der Waals surface area contributed by atoms with Crippen molar-refractivity contribution < 1.29 is 5.11 Å². The number of fused-ring (bicyclic) bond motifs is 1. The number of allylic oxidation sites excluding steroid dienone is 1. The average molecular weight is 251 g/mol. The molecule has 1 aliphatic rings. The third-order valence-electron chi connectivity index (χ3n) is 3.40. The number of benzene rings is 1. The van der Waals surface area contributed by atoms with Crippen LogP contribution in [0, 0.1) is 0 Å². The van der Waals surface area contributed by atoms with Crippen LogP contribution in [0.25, 0.3) is 0 Å². The molecule has 92 valence electrons. The van der Waals surface area contributed by atoms with E-state index in [9.17, 15) is 5.11 Å². The summed E-state index contributed by atoms with van der Waals surface area (Å²) in [6.45, 7) is 0. The molecular formula is C15H19ClO. The van der Waals surface area contributed by atoms with Gasteiger partial charge in [-0.1, -0.05) is 36.4 Å². The van der Waals surface area contributed by atoms with E-state index in [-0.39, 0.29) is 0 Å². The third-order valence-corrected chi connectivity index (χ3v) is 3.67. The Balaban J connectivity index is 2.25. The number of alkyl halides is 1. The summed E-state index contributed by atoms with van der Waals surface area (Å²) in [7, 11) is 0. The molecule has 0 spiro atoms. The van der Waals surface area contributed by atoms with Gasteiger partial charge in [0, 0.05) is 5.88 Å². The first kappa shape index (κ1) is 12.7. The van der Waals surface area contributed by atoms with Gasteiger partial charge in [0.05, 0.1) is 0 Å². The Morgan fingerprint density at radius 1 is 1.24 bits per heavy atom. The summed E-state index contributed by atoms with van der Waals surface area (Å²) in [6, 6.07) is 8.22. The number of hydrogen-bond acceptors (Lipinski definition) is 1. The van der Waals surface area contributed by atoms with E-state index in [1.165, 1.54) is 5.56 Å². The van der Waals surface area contributed by atoms with Gasteiger partial charge in [-0.3, -0.25) is 0 Å². The maximum atomic E-state index is 10.8. The van der Waals surface area contributed by atoms with Crippen LogP contribution < -0.4 is 0 Å². The van der Waals surface area contributed by atoms with E-state index >= 15 is 0 Å². The summed E-state index contributed by atoms with van der Waals surface area (Å²) in [5, 5.41) is 10.8. The minimum atomic E-state index is -0.793.